The number of rotatable bonds is 4. The highest BCUT2D eigenvalue weighted by Gasteiger charge is 2.64. The van der Waals surface area contributed by atoms with E-state index in [1.807, 2.05) is 29.1 Å². The van der Waals surface area contributed by atoms with E-state index in [1.54, 1.807) is 0 Å². The van der Waals surface area contributed by atoms with Gasteiger partial charge in [0.25, 0.3) is 0 Å². The molecule has 0 amide bonds. The average molecular weight is 269 g/mol. The molecule has 1 heterocycles. The summed E-state index contributed by atoms with van der Waals surface area (Å²) in [5, 5.41) is 8.27. The standard InChI is InChI=1S/C17H23N3/c1-16(2)15(17(16,3)4)18-12-13-10-11-20(19-13)14-8-6-5-7-9-14/h5-11,15,18H,12H2,1-4H3. The Morgan fingerprint density at radius 2 is 1.70 bits per heavy atom. The summed E-state index contributed by atoms with van der Waals surface area (Å²) in [5.74, 6) is 0. The third-order valence-electron chi connectivity index (χ3n) is 5.17. The van der Waals surface area contributed by atoms with E-state index < -0.39 is 0 Å². The summed E-state index contributed by atoms with van der Waals surface area (Å²) >= 11 is 0. The van der Waals surface area contributed by atoms with Crippen LogP contribution >= 0.6 is 0 Å². The highest BCUT2D eigenvalue weighted by Crippen LogP contribution is 2.62. The molecule has 3 nitrogen and oxygen atoms in total. The van der Waals surface area contributed by atoms with Crippen molar-refractivity contribution in [1.29, 1.82) is 0 Å². The van der Waals surface area contributed by atoms with Crippen LogP contribution in [0.5, 0.6) is 0 Å². The minimum Gasteiger partial charge on any atom is -0.307 e. The maximum atomic E-state index is 4.63. The molecule has 1 aromatic heterocycles. The van der Waals surface area contributed by atoms with Gasteiger partial charge in [-0.15, -0.1) is 0 Å². The molecule has 0 aliphatic heterocycles. The average Bonchev–Trinajstić information content (AvgIpc) is 2.76. The van der Waals surface area contributed by atoms with Crippen LogP contribution in [0.1, 0.15) is 33.4 Å². The van der Waals surface area contributed by atoms with Crippen LogP contribution in [0.4, 0.5) is 0 Å². The van der Waals surface area contributed by atoms with E-state index in [-0.39, 0.29) is 0 Å². The summed E-state index contributed by atoms with van der Waals surface area (Å²) in [6.07, 6.45) is 2.02. The Hall–Kier alpha value is -1.61. The van der Waals surface area contributed by atoms with Crippen molar-refractivity contribution >= 4 is 0 Å². The second-order valence-corrected chi connectivity index (χ2v) is 6.84. The molecule has 1 fully saturated rings. The molecule has 0 atom stereocenters. The fraction of sp³-hybridized carbons (Fsp3) is 0.471. The van der Waals surface area contributed by atoms with Crippen LogP contribution in [0.15, 0.2) is 42.6 Å². The van der Waals surface area contributed by atoms with Crippen LogP contribution in [-0.2, 0) is 6.54 Å². The number of hydrogen-bond acceptors (Lipinski definition) is 2. The molecule has 1 aliphatic rings. The van der Waals surface area contributed by atoms with Gasteiger partial charge >= 0.3 is 0 Å². The van der Waals surface area contributed by atoms with E-state index >= 15 is 0 Å². The molecule has 106 valence electrons. The van der Waals surface area contributed by atoms with Gasteiger partial charge in [0.05, 0.1) is 11.4 Å². The molecule has 1 aliphatic carbocycles. The van der Waals surface area contributed by atoms with Crippen LogP contribution in [0.3, 0.4) is 0 Å². The van der Waals surface area contributed by atoms with Gasteiger partial charge in [-0.25, -0.2) is 4.68 Å². The smallest absolute Gasteiger partial charge is 0.0766 e. The summed E-state index contributed by atoms with van der Waals surface area (Å²) in [4.78, 5) is 0. The first-order valence-electron chi connectivity index (χ1n) is 7.26. The molecule has 0 radical (unpaired) electrons. The lowest BCUT2D eigenvalue weighted by Gasteiger charge is -2.04. The third-order valence-corrected chi connectivity index (χ3v) is 5.17. The number of aromatic nitrogens is 2. The molecule has 0 bridgehead atoms. The predicted molar refractivity (Wildman–Crippen MR) is 81.8 cm³/mol. The van der Waals surface area contributed by atoms with Crippen molar-refractivity contribution in [2.45, 2.75) is 40.3 Å². The van der Waals surface area contributed by atoms with E-state index in [2.05, 4.69) is 56.3 Å². The summed E-state index contributed by atoms with van der Waals surface area (Å²) in [7, 11) is 0. The Balaban J connectivity index is 1.65. The van der Waals surface area contributed by atoms with Crippen LogP contribution < -0.4 is 5.32 Å². The van der Waals surface area contributed by atoms with Crippen molar-refractivity contribution in [2.75, 3.05) is 0 Å². The molecular weight excluding hydrogens is 246 g/mol. The number of nitrogens with one attached hydrogen (secondary N) is 1. The molecule has 1 saturated carbocycles. The molecule has 0 unspecified atom stereocenters. The maximum Gasteiger partial charge on any atom is 0.0766 e. The van der Waals surface area contributed by atoms with Gasteiger partial charge in [0.1, 0.15) is 0 Å². The highest BCUT2D eigenvalue weighted by atomic mass is 15.3. The second kappa shape index (κ2) is 4.45. The lowest BCUT2D eigenvalue weighted by atomic mass is 10.0. The predicted octanol–water partition coefficient (Wildman–Crippen LogP) is 3.40. The molecule has 0 saturated heterocycles. The lowest BCUT2D eigenvalue weighted by molar-refractivity contribution is 0.457. The lowest BCUT2D eigenvalue weighted by Crippen LogP contribution is -2.22. The van der Waals surface area contributed by atoms with Gasteiger partial charge in [0.15, 0.2) is 0 Å². The van der Waals surface area contributed by atoms with E-state index in [1.165, 1.54) is 0 Å². The zero-order valence-electron chi connectivity index (χ0n) is 12.7. The van der Waals surface area contributed by atoms with Crippen molar-refractivity contribution in [3.8, 4) is 5.69 Å². The van der Waals surface area contributed by atoms with Crippen molar-refractivity contribution in [1.82, 2.24) is 15.1 Å². The maximum absolute atomic E-state index is 4.63. The van der Waals surface area contributed by atoms with E-state index in [4.69, 9.17) is 0 Å². The van der Waals surface area contributed by atoms with Gasteiger partial charge in [-0.05, 0) is 29.0 Å². The Kier molecular flexibility index (Phi) is 2.98. The Labute approximate surface area is 121 Å². The van der Waals surface area contributed by atoms with Crippen LogP contribution in [0.2, 0.25) is 0 Å². The van der Waals surface area contributed by atoms with Crippen molar-refractivity contribution < 1.29 is 0 Å². The fourth-order valence-electron chi connectivity index (χ4n) is 3.09. The van der Waals surface area contributed by atoms with Gasteiger partial charge in [0.2, 0.25) is 0 Å². The van der Waals surface area contributed by atoms with Gasteiger partial charge in [-0.2, -0.15) is 5.10 Å². The first-order valence-corrected chi connectivity index (χ1v) is 7.26. The Bertz CT molecular complexity index is 582. The second-order valence-electron chi connectivity index (χ2n) is 6.84. The zero-order chi connectivity index (χ0) is 14.4. The van der Waals surface area contributed by atoms with Crippen molar-refractivity contribution in [2.24, 2.45) is 10.8 Å². The summed E-state index contributed by atoms with van der Waals surface area (Å²) in [5.41, 5.74) is 2.93. The molecule has 0 spiro atoms. The normalized spacial score (nSPS) is 20.0. The van der Waals surface area contributed by atoms with Crippen molar-refractivity contribution in [3.05, 3.63) is 48.3 Å². The number of benzene rings is 1. The van der Waals surface area contributed by atoms with Crippen molar-refractivity contribution in [3.63, 3.8) is 0 Å². The van der Waals surface area contributed by atoms with Gasteiger partial charge < -0.3 is 5.32 Å². The van der Waals surface area contributed by atoms with E-state index in [0.29, 0.717) is 16.9 Å². The Morgan fingerprint density at radius 1 is 1.05 bits per heavy atom. The first-order chi connectivity index (χ1) is 9.43. The molecule has 1 aromatic carbocycles. The van der Waals surface area contributed by atoms with E-state index in [0.717, 1.165) is 17.9 Å². The summed E-state index contributed by atoms with van der Waals surface area (Å²) in [6.45, 7) is 10.1. The first kappa shape index (κ1) is 13.4. The minimum absolute atomic E-state index is 0.370. The van der Waals surface area contributed by atoms with Crippen LogP contribution in [0, 0.1) is 10.8 Å². The molecule has 1 N–H and O–H groups in total. The number of nitrogens with zero attached hydrogens (tertiary/aromatic N) is 2. The molecule has 20 heavy (non-hydrogen) atoms. The molecule has 2 aromatic rings. The van der Waals surface area contributed by atoms with Gasteiger partial charge in [0, 0.05) is 18.8 Å². The number of para-hydroxylation sites is 1. The molecule has 3 heteroatoms. The van der Waals surface area contributed by atoms with E-state index in [9.17, 15) is 0 Å². The molecule has 3 rings (SSSR count). The third kappa shape index (κ3) is 2.06. The highest BCUT2D eigenvalue weighted by molar-refractivity contribution is 5.30. The summed E-state index contributed by atoms with van der Waals surface area (Å²) in [6, 6.07) is 12.9. The van der Waals surface area contributed by atoms with Gasteiger partial charge in [-0.3, -0.25) is 0 Å². The largest absolute Gasteiger partial charge is 0.307 e. The fourth-order valence-corrected chi connectivity index (χ4v) is 3.09. The SMILES string of the molecule is CC1(C)C(NCc2ccn(-c3ccccc3)n2)C1(C)C. The van der Waals surface area contributed by atoms with Crippen LogP contribution in [-0.4, -0.2) is 15.8 Å². The topological polar surface area (TPSA) is 29.9 Å². The quantitative estimate of drug-likeness (QED) is 0.922. The van der Waals surface area contributed by atoms with Crippen LogP contribution in [0.25, 0.3) is 5.69 Å². The van der Waals surface area contributed by atoms with Gasteiger partial charge in [-0.1, -0.05) is 45.9 Å². The summed E-state index contributed by atoms with van der Waals surface area (Å²) < 4.78 is 1.93. The number of hydrogen-bond donors (Lipinski definition) is 1. The minimum atomic E-state index is 0.370. The zero-order valence-corrected chi connectivity index (χ0v) is 12.7. The molecular formula is C17H23N3. The Morgan fingerprint density at radius 3 is 2.30 bits per heavy atom. The monoisotopic (exact) mass is 269 g/mol.